The molecule has 20 heavy (non-hydrogen) atoms. The number of aryl methyl sites for hydroxylation is 2. The Morgan fingerprint density at radius 2 is 1.85 bits per heavy atom. The average Bonchev–Trinajstić information content (AvgIpc) is 2.42. The van der Waals surface area contributed by atoms with Gasteiger partial charge in [-0.2, -0.15) is 0 Å². The molecular weight excluding hydrogens is 262 g/mol. The maximum atomic E-state index is 13.4. The van der Waals surface area contributed by atoms with Crippen molar-refractivity contribution in [1.82, 2.24) is 0 Å². The van der Waals surface area contributed by atoms with Gasteiger partial charge in [0.25, 0.3) is 0 Å². The number of halogens is 2. The average molecular weight is 276 g/mol. The Bertz CT molecular complexity index is 651. The summed E-state index contributed by atoms with van der Waals surface area (Å²) in [6.45, 7) is 3.42. The van der Waals surface area contributed by atoms with Gasteiger partial charge in [-0.1, -0.05) is 12.1 Å². The summed E-state index contributed by atoms with van der Waals surface area (Å²) in [6, 6.07) is 8.38. The van der Waals surface area contributed by atoms with Crippen LogP contribution in [0, 0.1) is 25.5 Å². The Hall–Kier alpha value is -2.23. The quantitative estimate of drug-likeness (QED) is 0.793. The summed E-state index contributed by atoms with van der Waals surface area (Å²) in [6.07, 6.45) is 0. The lowest BCUT2D eigenvalue weighted by Gasteiger charge is -2.09. The summed E-state index contributed by atoms with van der Waals surface area (Å²) in [5.74, 6) is -1.43. The number of hydrogen-bond acceptors (Lipinski definition) is 2. The van der Waals surface area contributed by atoms with Gasteiger partial charge in [0.2, 0.25) is 5.78 Å². The fourth-order valence-electron chi connectivity index (χ4n) is 1.80. The molecule has 2 aromatic carbocycles. The van der Waals surface area contributed by atoms with E-state index in [2.05, 4.69) is 0 Å². The van der Waals surface area contributed by atoms with Gasteiger partial charge in [-0.15, -0.1) is 0 Å². The molecule has 0 saturated carbocycles. The van der Waals surface area contributed by atoms with E-state index in [1.807, 2.05) is 26.0 Å². The first-order valence-electron chi connectivity index (χ1n) is 6.15. The molecule has 0 aliphatic carbocycles. The third kappa shape index (κ3) is 3.20. The first-order valence-corrected chi connectivity index (χ1v) is 6.15. The number of Topliss-reactive ketones (excluding diaryl/α,β-unsaturated/α-hetero) is 1. The summed E-state index contributed by atoms with van der Waals surface area (Å²) < 4.78 is 31.9. The lowest BCUT2D eigenvalue weighted by Crippen LogP contribution is -2.14. The van der Waals surface area contributed by atoms with E-state index in [0.29, 0.717) is 5.75 Å². The van der Waals surface area contributed by atoms with Gasteiger partial charge >= 0.3 is 0 Å². The van der Waals surface area contributed by atoms with Crippen LogP contribution in [0.3, 0.4) is 0 Å². The van der Waals surface area contributed by atoms with Crippen LogP contribution in [0.2, 0.25) is 0 Å². The monoisotopic (exact) mass is 276 g/mol. The van der Waals surface area contributed by atoms with Crippen LogP contribution in [0.1, 0.15) is 21.5 Å². The molecule has 0 unspecified atom stereocenters. The van der Waals surface area contributed by atoms with Gasteiger partial charge in [0.1, 0.15) is 17.4 Å². The van der Waals surface area contributed by atoms with Crippen LogP contribution in [0.4, 0.5) is 8.78 Å². The van der Waals surface area contributed by atoms with Gasteiger partial charge in [-0.25, -0.2) is 8.78 Å². The molecule has 104 valence electrons. The summed E-state index contributed by atoms with van der Waals surface area (Å²) in [4.78, 5) is 11.9. The molecule has 0 heterocycles. The van der Waals surface area contributed by atoms with E-state index in [9.17, 15) is 13.6 Å². The van der Waals surface area contributed by atoms with E-state index in [0.717, 1.165) is 29.3 Å². The van der Waals surface area contributed by atoms with E-state index < -0.39 is 17.4 Å². The van der Waals surface area contributed by atoms with Gasteiger partial charge in [-0.3, -0.25) is 4.79 Å². The van der Waals surface area contributed by atoms with Crippen molar-refractivity contribution in [3.8, 4) is 5.75 Å². The second-order valence-electron chi connectivity index (χ2n) is 4.60. The topological polar surface area (TPSA) is 26.3 Å². The Kier molecular flexibility index (Phi) is 4.13. The molecule has 0 fully saturated rings. The Labute approximate surface area is 116 Å². The maximum absolute atomic E-state index is 13.4. The smallest absolute Gasteiger partial charge is 0.203 e. The number of ketones is 1. The molecule has 0 aliphatic rings. The molecule has 0 aliphatic heterocycles. The van der Waals surface area contributed by atoms with E-state index in [-0.39, 0.29) is 12.2 Å². The second kappa shape index (κ2) is 5.82. The SMILES string of the molecule is Cc1ccc(C)c(OCC(=O)c2cc(F)ccc2F)c1. The minimum atomic E-state index is -0.749. The zero-order chi connectivity index (χ0) is 14.7. The summed E-state index contributed by atoms with van der Waals surface area (Å²) >= 11 is 0. The van der Waals surface area contributed by atoms with E-state index >= 15 is 0 Å². The molecule has 2 aromatic rings. The fourth-order valence-corrected chi connectivity index (χ4v) is 1.80. The minimum Gasteiger partial charge on any atom is -0.485 e. The Balaban J connectivity index is 2.12. The summed E-state index contributed by atoms with van der Waals surface area (Å²) in [7, 11) is 0. The highest BCUT2D eigenvalue weighted by Crippen LogP contribution is 2.19. The van der Waals surface area contributed by atoms with Crippen molar-refractivity contribution >= 4 is 5.78 Å². The van der Waals surface area contributed by atoms with E-state index in [4.69, 9.17) is 4.74 Å². The number of carbonyl (C=O) groups excluding carboxylic acids is 1. The van der Waals surface area contributed by atoms with Crippen molar-refractivity contribution in [2.24, 2.45) is 0 Å². The number of benzene rings is 2. The number of carbonyl (C=O) groups is 1. The van der Waals surface area contributed by atoms with Crippen molar-refractivity contribution in [1.29, 1.82) is 0 Å². The third-order valence-corrected chi connectivity index (χ3v) is 2.93. The van der Waals surface area contributed by atoms with Crippen LogP contribution in [0.5, 0.6) is 5.75 Å². The van der Waals surface area contributed by atoms with Crippen molar-refractivity contribution in [3.63, 3.8) is 0 Å². The first-order chi connectivity index (χ1) is 9.47. The zero-order valence-corrected chi connectivity index (χ0v) is 11.2. The van der Waals surface area contributed by atoms with Crippen LogP contribution in [0.25, 0.3) is 0 Å². The van der Waals surface area contributed by atoms with Crippen LogP contribution < -0.4 is 4.74 Å². The molecule has 0 amide bonds. The molecule has 0 radical (unpaired) electrons. The molecule has 2 rings (SSSR count). The molecule has 0 bridgehead atoms. The van der Waals surface area contributed by atoms with Crippen molar-refractivity contribution < 1.29 is 18.3 Å². The van der Waals surface area contributed by atoms with E-state index in [1.54, 1.807) is 6.07 Å². The van der Waals surface area contributed by atoms with Gasteiger partial charge in [0, 0.05) is 0 Å². The summed E-state index contributed by atoms with van der Waals surface area (Å²) in [5.41, 5.74) is 1.58. The largest absolute Gasteiger partial charge is 0.485 e. The lowest BCUT2D eigenvalue weighted by atomic mass is 10.1. The highest BCUT2D eigenvalue weighted by molar-refractivity contribution is 5.97. The standard InChI is InChI=1S/C16H14F2O2/c1-10-3-4-11(2)16(7-10)20-9-15(19)13-8-12(17)5-6-14(13)18/h3-8H,9H2,1-2H3. The van der Waals surface area contributed by atoms with Crippen molar-refractivity contribution in [2.45, 2.75) is 13.8 Å². The summed E-state index contributed by atoms with van der Waals surface area (Å²) in [5, 5.41) is 0. The van der Waals surface area contributed by atoms with Crippen molar-refractivity contribution in [3.05, 3.63) is 64.7 Å². The van der Waals surface area contributed by atoms with Gasteiger partial charge in [-0.05, 0) is 49.2 Å². The second-order valence-corrected chi connectivity index (χ2v) is 4.60. The van der Waals surface area contributed by atoms with Crippen LogP contribution in [0.15, 0.2) is 36.4 Å². The first kappa shape index (κ1) is 14.2. The maximum Gasteiger partial charge on any atom is 0.203 e. The van der Waals surface area contributed by atoms with Gasteiger partial charge in [0.05, 0.1) is 5.56 Å². The van der Waals surface area contributed by atoms with Gasteiger partial charge < -0.3 is 4.74 Å². The normalized spacial score (nSPS) is 10.4. The minimum absolute atomic E-state index is 0.296. The highest BCUT2D eigenvalue weighted by Gasteiger charge is 2.14. The molecule has 0 spiro atoms. The molecule has 0 saturated heterocycles. The Morgan fingerprint density at radius 3 is 2.60 bits per heavy atom. The number of hydrogen-bond donors (Lipinski definition) is 0. The molecule has 0 aromatic heterocycles. The molecular formula is C16H14F2O2. The number of ether oxygens (including phenoxy) is 1. The van der Waals surface area contributed by atoms with Crippen LogP contribution in [-0.2, 0) is 0 Å². The predicted molar refractivity (Wildman–Crippen MR) is 72.1 cm³/mol. The van der Waals surface area contributed by atoms with Crippen LogP contribution >= 0.6 is 0 Å². The molecule has 0 atom stereocenters. The van der Waals surface area contributed by atoms with Gasteiger partial charge in [0.15, 0.2) is 6.61 Å². The number of rotatable bonds is 4. The van der Waals surface area contributed by atoms with E-state index in [1.165, 1.54) is 0 Å². The lowest BCUT2D eigenvalue weighted by molar-refractivity contribution is 0.0916. The van der Waals surface area contributed by atoms with Crippen LogP contribution in [-0.4, -0.2) is 12.4 Å². The molecule has 4 heteroatoms. The Morgan fingerprint density at radius 1 is 1.10 bits per heavy atom. The molecule has 2 nitrogen and oxygen atoms in total. The third-order valence-electron chi connectivity index (χ3n) is 2.93. The van der Waals surface area contributed by atoms with Crippen molar-refractivity contribution in [2.75, 3.05) is 6.61 Å². The fraction of sp³-hybridized carbons (Fsp3) is 0.188. The highest BCUT2D eigenvalue weighted by atomic mass is 19.1. The predicted octanol–water partition coefficient (Wildman–Crippen LogP) is 3.84. The molecule has 0 N–H and O–H groups in total. The zero-order valence-electron chi connectivity index (χ0n) is 11.2.